The predicted molar refractivity (Wildman–Crippen MR) is 355 cm³/mol. The van der Waals surface area contributed by atoms with Crippen LogP contribution in [-0.4, -0.2) is 47.6 Å². The number of halogens is 4. The van der Waals surface area contributed by atoms with E-state index in [-0.39, 0.29) is 35.5 Å². The lowest BCUT2D eigenvalue weighted by Crippen LogP contribution is -2.18. The summed E-state index contributed by atoms with van der Waals surface area (Å²) in [6.07, 6.45) is 22.4. The highest BCUT2D eigenvalue weighted by Crippen LogP contribution is 2.62. The Balaban J connectivity index is 0.000000122. The number of nitrogens with zero attached hydrogens (tertiary/aromatic N) is 6. The molecular formula is C69H68Cl4N12O3. The molecule has 6 aromatic heterocycles. The monoisotopic (exact) mass is 1250 g/mol. The van der Waals surface area contributed by atoms with Crippen LogP contribution in [-0.2, 0) is 14.4 Å². The number of rotatable bonds is 9. The zero-order valence-electron chi connectivity index (χ0n) is 49.6. The third-order valence-electron chi connectivity index (χ3n) is 19.8. The van der Waals surface area contributed by atoms with Gasteiger partial charge in [-0.1, -0.05) is 67.2 Å². The average Bonchev–Trinajstić information content (AvgIpc) is 1.50. The molecule has 6 aliphatic carbocycles. The minimum atomic E-state index is 0.0464. The second kappa shape index (κ2) is 23.4. The summed E-state index contributed by atoms with van der Waals surface area (Å²) in [7, 11) is 0. The van der Waals surface area contributed by atoms with E-state index in [4.69, 9.17) is 63.6 Å². The van der Waals surface area contributed by atoms with Gasteiger partial charge in [-0.15, -0.1) is 0 Å². The van der Waals surface area contributed by atoms with Crippen molar-refractivity contribution in [2.45, 2.75) is 80.1 Å². The van der Waals surface area contributed by atoms with E-state index in [1.165, 1.54) is 0 Å². The molecule has 15 nitrogen and oxygen atoms in total. The Morgan fingerprint density at radius 2 is 0.795 bits per heavy atom. The highest BCUT2D eigenvalue weighted by atomic mass is 35.5. The molecule has 15 rings (SSSR count). The molecular weight excluding hydrogens is 1190 g/mol. The Kier molecular flexibility index (Phi) is 15.7. The molecule has 12 atom stereocenters. The fraction of sp³-hybridized carbons (Fsp3) is 0.348. The topological polar surface area (TPSA) is 243 Å². The Bertz CT molecular complexity index is 4270. The Labute approximate surface area is 530 Å². The number of amides is 3. The van der Waals surface area contributed by atoms with Crippen LogP contribution in [0.15, 0.2) is 104 Å². The standard InChI is InChI=1S/C23H22Cl2N4O.2C23H23ClN4O/c1-10-5-12-13(6-10)18(12)23(30)29-17-7-14-16(9-28-17)22(26)21(25)19(20(14)24)15-8-27-4-3-11(15)2;1-11-5-14-15(6-11)20(14)23(29)28-19-8-13-7-16(17-9-26-4-3-12(17)2)21(24)22(25)18(13)10-27-19;1-11-5-13-14(6-11)21(13)23(29)28-20-8-16-18(10-27-20)19(25)7-15(22(16)24)17-9-26-4-3-12(17)2/h3-4,7-10,12-13,18H,5-6,26H2,1-2H3,(H,28,29,30);3-4,7-11,14-15,20H,5-6,25H2,1-2H3,(H,27,28,29);3-4,7-11,13-14,21H,5-6,25H2,1-2H3,(H,27,28,29)/t10?,12-,13+,18?;11?,14-,15+,20?;11?,13-,14+,21?. The summed E-state index contributed by atoms with van der Waals surface area (Å²) in [5, 5.41) is 15.5. The van der Waals surface area contributed by atoms with Gasteiger partial charge >= 0.3 is 0 Å². The summed E-state index contributed by atoms with van der Waals surface area (Å²) in [4.78, 5) is 64.0. The van der Waals surface area contributed by atoms with Crippen molar-refractivity contribution in [3.05, 3.63) is 141 Å². The minimum absolute atomic E-state index is 0.0464. The SMILES string of the molecule is Cc1ccncc1-c1c(Cl)c(N)c2cnc(NC(=O)C3[C@H]4CC(C)C[C@@H]34)cc2c1Cl.Cc1ccncc1-c1cc(N)c2cnc(NC(=O)C3[C@H]4CC(C)C[C@@H]34)cc2c1Cl.Cc1ccncc1-c1cc2cc(NC(=O)C3[C@H]4CC(C)C[C@@H]34)ncc2c(N)c1Cl. The first-order valence-corrected chi connectivity index (χ1v) is 31.7. The van der Waals surface area contributed by atoms with E-state index in [9.17, 15) is 14.4 Å². The number of pyridine rings is 6. The molecule has 9 N–H and O–H groups in total. The number of hydrogen-bond donors (Lipinski definition) is 6. The molecule has 3 amide bonds. The molecule has 88 heavy (non-hydrogen) atoms. The lowest BCUT2D eigenvalue weighted by molar-refractivity contribution is -0.119. The van der Waals surface area contributed by atoms with Crippen molar-refractivity contribution in [3.8, 4) is 33.4 Å². The average molecular weight is 1260 g/mol. The second-order valence-electron chi connectivity index (χ2n) is 25.7. The predicted octanol–water partition coefficient (Wildman–Crippen LogP) is 15.9. The molecule has 0 saturated heterocycles. The molecule has 6 unspecified atom stereocenters. The quantitative estimate of drug-likeness (QED) is 0.0740. The van der Waals surface area contributed by atoms with Gasteiger partial charge in [-0.2, -0.15) is 0 Å². The largest absolute Gasteiger partial charge is 0.398 e. The first-order valence-electron chi connectivity index (χ1n) is 30.2. The first-order chi connectivity index (χ1) is 42.2. The molecule has 0 bridgehead atoms. The number of benzene rings is 3. The van der Waals surface area contributed by atoms with Crippen molar-refractivity contribution in [1.82, 2.24) is 29.9 Å². The maximum absolute atomic E-state index is 12.7. The molecule has 3 aromatic carbocycles. The van der Waals surface area contributed by atoms with Gasteiger partial charge in [0.25, 0.3) is 0 Å². The van der Waals surface area contributed by atoms with Crippen molar-refractivity contribution in [1.29, 1.82) is 0 Å². The molecule has 0 aliphatic heterocycles. The third-order valence-corrected chi connectivity index (χ3v) is 21.4. The number of nitrogen functional groups attached to an aromatic ring is 3. The molecule has 19 heteroatoms. The lowest BCUT2D eigenvalue weighted by Gasteiger charge is -2.16. The van der Waals surface area contributed by atoms with Crippen LogP contribution < -0.4 is 33.2 Å². The zero-order valence-corrected chi connectivity index (χ0v) is 52.7. The zero-order chi connectivity index (χ0) is 61.7. The Morgan fingerprint density at radius 1 is 0.420 bits per heavy atom. The van der Waals surface area contributed by atoms with E-state index in [1.54, 1.807) is 61.8 Å². The minimum Gasteiger partial charge on any atom is -0.398 e. The van der Waals surface area contributed by atoms with E-state index in [0.29, 0.717) is 106 Å². The number of aryl methyl sites for hydroxylation is 3. The highest BCUT2D eigenvalue weighted by molar-refractivity contribution is 6.45. The lowest BCUT2D eigenvalue weighted by atomic mass is 9.98. The fourth-order valence-corrected chi connectivity index (χ4v) is 16.4. The van der Waals surface area contributed by atoms with E-state index >= 15 is 0 Å². The van der Waals surface area contributed by atoms with Crippen LogP contribution in [0.3, 0.4) is 0 Å². The molecule has 0 radical (unpaired) electrons. The van der Waals surface area contributed by atoms with E-state index in [2.05, 4.69) is 66.6 Å². The van der Waals surface area contributed by atoms with Crippen LogP contribution in [0.2, 0.25) is 20.1 Å². The number of nitrogens with one attached hydrogen (secondary N) is 3. The van der Waals surface area contributed by atoms with Crippen molar-refractivity contribution < 1.29 is 14.4 Å². The summed E-state index contributed by atoms with van der Waals surface area (Å²) in [6, 6.07) is 15.1. The van der Waals surface area contributed by atoms with E-state index < -0.39 is 0 Å². The van der Waals surface area contributed by atoms with Crippen molar-refractivity contribution in [2.75, 3.05) is 33.2 Å². The maximum Gasteiger partial charge on any atom is 0.229 e. The maximum atomic E-state index is 12.7. The Morgan fingerprint density at radius 3 is 1.24 bits per heavy atom. The number of fused-ring (bicyclic) bond motifs is 6. The number of carbonyl (C=O) groups is 3. The Hall–Kier alpha value is -7.69. The summed E-state index contributed by atoms with van der Waals surface area (Å²) < 4.78 is 0. The highest BCUT2D eigenvalue weighted by Gasteiger charge is 2.60. The van der Waals surface area contributed by atoms with Gasteiger partial charge in [0.2, 0.25) is 17.7 Å². The second-order valence-corrected chi connectivity index (χ2v) is 27.3. The molecule has 9 aromatic rings. The van der Waals surface area contributed by atoms with Gasteiger partial charge in [-0.05, 0) is 183 Å². The van der Waals surface area contributed by atoms with Gasteiger partial charge in [0.05, 0.1) is 31.5 Å². The van der Waals surface area contributed by atoms with Gasteiger partial charge in [0, 0.05) is 140 Å². The van der Waals surface area contributed by atoms with Crippen LogP contribution in [0.4, 0.5) is 34.5 Å². The molecule has 6 fully saturated rings. The van der Waals surface area contributed by atoms with Crippen molar-refractivity contribution in [3.63, 3.8) is 0 Å². The number of carbonyl (C=O) groups excluding carboxylic acids is 3. The third kappa shape index (κ3) is 11.0. The molecule has 6 aliphatic rings. The van der Waals surface area contributed by atoms with Gasteiger partial charge in [0.15, 0.2) is 0 Å². The van der Waals surface area contributed by atoms with Crippen molar-refractivity contribution in [2.24, 2.45) is 71.0 Å². The van der Waals surface area contributed by atoms with Crippen molar-refractivity contribution >= 4 is 131 Å². The normalized spacial score (nSPS) is 24.9. The van der Waals surface area contributed by atoms with Gasteiger partial charge in [0.1, 0.15) is 17.5 Å². The summed E-state index contributed by atoms with van der Waals surface area (Å²) in [6.45, 7) is 12.8. The van der Waals surface area contributed by atoms with E-state index in [0.717, 1.165) is 122 Å². The van der Waals surface area contributed by atoms with Crippen LogP contribution >= 0.6 is 46.4 Å². The van der Waals surface area contributed by atoms with Crippen LogP contribution in [0.1, 0.15) is 76.0 Å². The fourth-order valence-electron chi connectivity index (χ4n) is 15.1. The summed E-state index contributed by atoms with van der Waals surface area (Å²) in [5.41, 5.74) is 28.5. The molecule has 0 spiro atoms. The summed E-state index contributed by atoms with van der Waals surface area (Å²) in [5.74, 6) is 7.60. The van der Waals surface area contributed by atoms with Crippen LogP contribution in [0, 0.1) is 91.8 Å². The molecule has 6 heterocycles. The van der Waals surface area contributed by atoms with Crippen LogP contribution in [0.5, 0.6) is 0 Å². The number of aromatic nitrogens is 6. The van der Waals surface area contributed by atoms with Crippen LogP contribution in [0.25, 0.3) is 65.7 Å². The molecule has 450 valence electrons. The first kappa shape index (κ1) is 59.3. The van der Waals surface area contributed by atoms with Gasteiger partial charge in [-0.25, -0.2) is 15.0 Å². The molecule has 6 saturated carbocycles. The van der Waals surface area contributed by atoms with E-state index in [1.807, 2.05) is 63.2 Å². The smallest absolute Gasteiger partial charge is 0.229 e. The number of hydrogen-bond acceptors (Lipinski definition) is 12. The van der Waals surface area contributed by atoms with Gasteiger partial charge in [-0.3, -0.25) is 29.3 Å². The number of nitrogens with two attached hydrogens (primary N) is 3. The summed E-state index contributed by atoms with van der Waals surface area (Å²) >= 11 is 26.7. The number of anilines is 6. The van der Waals surface area contributed by atoms with Gasteiger partial charge < -0.3 is 33.2 Å².